The summed E-state index contributed by atoms with van der Waals surface area (Å²) in [6.07, 6.45) is 2.35. The van der Waals surface area contributed by atoms with Gasteiger partial charge in [-0.1, -0.05) is 20.8 Å². The zero-order chi connectivity index (χ0) is 8.22. The molecule has 2 aliphatic rings. The van der Waals surface area contributed by atoms with E-state index in [0.717, 1.165) is 18.3 Å². The molecular weight excluding hydrogens is 136 g/mol. The maximum Gasteiger partial charge on any atom is 0.0574 e. The van der Waals surface area contributed by atoms with Gasteiger partial charge in [0.2, 0.25) is 0 Å². The van der Waals surface area contributed by atoms with Crippen molar-refractivity contribution in [2.75, 3.05) is 0 Å². The molecular formula is C10H18O. The molecule has 1 nitrogen and oxygen atoms in total. The van der Waals surface area contributed by atoms with Crippen LogP contribution in [0.1, 0.15) is 33.6 Å². The van der Waals surface area contributed by atoms with Crippen molar-refractivity contribution in [1.29, 1.82) is 0 Å². The molecule has 1 heteroatoms. The molecule has 0 saturated heterocycles. The van der Waals surface area contributed by atoms with Gasteiger partial charge in [-0.05, 0) is 36.0 Å². The zero-order valence-corrected chi connectivity index (χ0v) is 7.67. The fourth-order valence-electron chi connectivity index (χ4n) is 3.12. The maximum absolute atomic E-state index is 9.62. The summed E-state index contributed by atoms with van der Waals surface area (Å²) in [5.74, 6) is 2.11. The lowest BCUT2D eigenvalue weighted by Crippen LogP contribution is -2.35. The third-order valence-corrected chi connectivity index (χ3v) is 4.44. The van der Waals surface area contributed by atoms with Crippen molar-refractivity contribution in [2.45, 2.75) is 39.7 Å². The van der Waals surface area contributed by atoms with Crippen molar-refractivity contribution in [1.82, 2.24) is 0 Å². The molecule has 0 aromatic rings. The van der Waals surface area contributed by atoms with Crippen molar-refractivity contribution in [3.05, 3.63) is 0 Å². The van der Waals surface area contributed by atoms with Gasteiger partial charge in [-0.25, -0.2) is 0 Å². The summed E-state index contributed by atoms with van der Waals surface area (Å²) in [4.78, 5) is 0. The Labute approximate surface area is 68.8 Å². The Bertz CT molecular complexity index is 170. The van der Waals surface area contributed by atoms with Crippen LogP contribution in [-0.4, -0.2) is 11.2 Å². The van der Waals surface area contributed by atoms with E-state index >= 15 is 0 Å². The Morgan fingerprint density at radius 3 is 2.27 bits per heavy atom. The fraction of sp³-hybridized carbons (Fsp3) is 1.00. The van der Waals surface area contributed by atoms with E-state index in [2.05, 4.69) is 20.8 Å². The van der Waals surface area contributed by atoms with Gasteiger partial charge in [0.25, 0.3) is 0 Å². The van der Waals surface area contributed by atoms with Crippen LogP contribution in [0.4, 0.5) is 0 Å². The van der Waals surface area contributed by atoms with Crippen LogP contribution in [0, 0.1) is 23.2 Å². The Morgan fingerprint density at radius 2 is 1.91 bits per heavy atom. The van der Waals surface area contributed by atoms with Crippen LogP contribution in [0.25, 0.3) is 0 Å². The first kappa shape index (κ1) is 7.60. The van der Waals surface area contributed by atoms with Crippen LogP contribution in [0.5, 0.6) is 0 Å². The second kappa shape index (κ2) is 2.01. The Balaban J connectivity index is 2.25. The van der Waals surface area contributed by atoms with Crippen LogP contribution >= 0.6 is 0 Å². The van der Waals surface area contributed by atoms with Gasteiger partial charge in [0, 0.05) is 0 Å². The highest BCUT2D eigenvalue weighted by Gasteiger charge is 2.54. The molecule has 0 amide bonds. The first-order valence-electron chi connectivity index (χ1n) is 4.71. The van der Waals surface area contributed by atoms with E-state index in [-0.39, 0.29) is 6.10 Å². The van der Waals surface area contributed by atoms with E-state index in [1.54, 1.807) is 0 Å². The molecule has 2 aliphatic carbocycles. The lowest BCUT2D eigenvalue weighted by Gasteiger charge is -2.38. The number of hydrogen-bond donors (Lipinski definition) is 1. The monoisotopic (exact) mass is 154 g/mol. The molecule has 2 rings (SSSR count). The van der Waals surface area contributed by atoms with Crippen molar-refractivity contribution < 1.29 is 5.11 Å². The smallest absolute Gasteiger partial charge is 0.0574 e. The summed E-state index contributed by atoms with van der Waals surface area (Å²) in [6, 6.07) is 0. The van der Waals surface area contributed by atoms with Crippen LogP contribution < -0.4 is 0 Å². The average molecular weight is 154 g/mol. The van der Waals surface area contributed by atoms with E-state index in [0.29, 0.717) is 11.3 Å². The van der Waals surface area contributed by atoms with Crippen LogP contribution in [0.3, 0.4) is 0 Å². The molecule has 1 N–H and O–H groups in total. The fourth-order valence-corrected chi connectivity index (χ4v) is 3.12. The van der Waals surface area contributed by atoms with Gasteiger partial charge in [-0.2, -0.15) is 0 Å². The SMILES string of the molecule is C[C@@H]1[C@H]2C[C@H](C[C@@H]2O)C1(C)C. The molecule has 0 radical (unpaired) electrons. The Kier molecular flexibility index (Phi) is 1.39. The predicted octanol–water partition coefficient (Wildman–Crippen LogP) is 2.05. The van der Waals surface area contributed by atoms with Crippen LogP contribution in [0.2, 0.25) is 0 Å². The zero-order valence-electron chi connectivity index (χ0n) is 7.67. The number of aliphatic hydroxyl groups excluding tert-OH is 1. The summed E-state index contributed by atoms with van der Waals surface area (Å²) in [6.45, 7) is 7.01. The summed E-state index contributed by atoms with van der Waals surface area (Å²) >= 11 is 0. The Hall–Kier alpha value is -0.0400. The van der Waals surface area contributed by atoms with E-state index in [9.17, 15) is 5.11 Å². The van der Waals surface area contributed by atoms with Gasteiger partial charge in [0.15, 0.2) is 0 Å². The van der Waals surface area contributed by atoms with Gasteiger partial charge >= 0.3 is 0 Å². The number of aliphatic hydroxyl groups is 1. The molecule has 0 aromatic heterocycles. The van der Waals surface area contributed by atoms with Gasteiger partial charge in [-0.15, -0.1) is 0 Å². The van der Waals surface area contributed by atoms with Crippen molar-refractivity contribution >= 4 is 0 Å². The van der Waals surface area contributed by atoms with Gasteiger partial charge in [0.1, 0.15) is 0 Å². The summed E-state index contributed by atoms with van der Waals surface area (Å²) < 4.78 is 0. The molecule has 2 bridgehead atoms. The molecule has 0 heterocycles. The minimum absolute atomic E-state index is 0.0167. The van der Waals surface area contributed by atoms with Gasteiger partial charge in [0.05, 0.1) is 6.10 Å². The predicted molar refractivity (Wildman–Crippen MR) is 45.2 cm³/mol. The number of fused-ring (bicyclic) bond motifs is 2. The normalized spacial score (nSPS) is 53.5. The lowest BCUT2D eigenvalue weighted by molar-refractivity contribution is 0.0239. The van der Waals surface area contributed by atoms with E-state index in [1.807, 2.05) is 0 Å². The molecule has 0 unspecified atom stereocenters. The van der Waals surface area contributed by atoms with Crippen molar-refractivity contribution in [3.63, 3.8) is 0 Å². The molecule has 2 saturated carbocycles. The molecule has 4 atom stereocenters. The second-order valence-electron chi connectivity index (χ2n) is 5.01. The van der Waals surface area contributed by atoms with Gasteiger partial charge < -0.3 is 5.11 Å². The highest BCUT2D eigenvalue weighted by atomic mass is 16.3. The van der Waals surface area contributed by atoms with E-state index in [4.69, 9.17) is 0 Å². The summed E-state index contributed by atoms with van der Waals surface area (Å²) in [7, 11) is 0. The molecule has 0 aliphatic heterocycles. The average Bonchev–Trinajstić information content (AvgIpc) is 2.36. The minimum atomic E-state index is 0.0167. The molecule has 0 spiro atoms. The lowest BCUT2D eigenvalue weighted by atomic mass is 9.69. The van der Waals surface area contributed by atoms with Crippen molar-refractivity contribution in [3.8, 4) is 0 Å². The standard InChI is InChI=1S/C10H18O/c1-6-8-4-7(5-9(8)11)10(6,2)3/h6-9,11H,4-5H2,1-3H3/t6-,7-,8-,9+/m1/s1. The highest BCUT2D eigenvalue weighted by molar-refractivity contribution is 5.03. The third-order valence-electron chi connectivity index (χ3n) is 4.44. The number of rotatable bonds is 0. The molecule has 0 aromatic carbocycles. The first-order chi connectivity index (χ1) is 5.03. The van der Waals surface area contributed by atoms with Crippen molar-refractivity contribution in [2.24, 2.45) is 23.2 Å². The minimum Gasteiger partial charge on any atom is -0.393 e. The topological polar surface area (TPSA) is 20.2 Å². The maximum atomic E-state index is 9.62. The largest absolute Gasteiger partial charge is 0.393 e. The van der Waals surface area contributed by atoms with E-state index < -0.39 is 0 Å². The second-order valence-corrected chi connectivity index (χ2v) is 5.01. The quantitative estimate of drug-likeness (QED) is 0.566. The van der Waals surface area contributed by atoms with Crippen LogP contribution in [0.15, 0.2) is 0 Å². The highest BCUT2D eigenvalue weighted by Crippen LogP contribution is 2.58. The van der Waals surface area contributed by atoms with E-state index in [1.165, 1.54) is 6.42 Å². The summed E-state index contributed by atoms with van der Waals surface area (Å²) in [5.41, 5.74) is 0.490. The summed E-state index contributed by atoms with van der Waals surface area (Å²) in [5, 5.41) is 9.62. The van der Waals surface area contributed by atoms with Gasteiger partial charge in [-0.3, -0.25) is 0 Å². The first-order valence-corrected chi connectivity index (χ1v) is 4.71. The Morgan fingerprint density at radius 1 is 1.27 bits per heavy atom. The number of hydrogen-bond acceptors (Lipinski definition) is 1. The molecule has 11 heavy (non-hydrogen) atoms. The molecule has 2 fully saturated rings. The third kappa shape index (κ3) is 0.807. The molecule has 64 valence electrons. The van der Waals surface area contributed by atoms with Crippen LogP contribution in [-0.2, 0) is 0 Å².